The van der Waals surface area contributed by atoms with Crippen LogP contribution in [0.4, 0.5) is 0 Å². The molecule has 2 heterocycles. The molecule has 1 aliphatic carbocycles. The normalized spacial score (nSPS) is 12.8. The van der Waals surface area contributed by atoms with Gasteiger partial charge in [0.25, 0.3) is 0 Å². The number of aryl methyl sites for hydroxylation is 1. The molecule has 0 radical (unpaired) electrons. The number of halogens is 3. The summed E-state index contributed by atoms with van der Waals surface area (Å²) >= 11 is 17.5. The van der Waals surface area contributed by atoms with Gasteiger partial charge in [-0.1, -0.05) is 23.2 Å². The first kappa shape index (κ1) is 16.1. The zero-order valence-corrected chi connectivity index (χ0v) is 15.9. The van der Waals surface area contributed by atoms with Crippen molar-refractivity contribution in [3.05, 3.63) is 54.2 Å². The van der Waals surface area contributed by atoms with Crippen LogP contribution in [0.2, 0.25) is 10.0 Å². The molecule has 0 amide bonds. The van der Waals surface area contributed by atoms with E-state index in [1.807, 2.05) is 6.07 Å². The molecule has 24 heavy (non-hydrogen) atoms. The number of carboxylic acids is 1. The summed E-state index contributed by atoms with van der Waals surface area (Å²) in [7, 11) is 0. The number of benzene rings is 1. The lowest BCUT2D eigenvalue weighted by Crippen LogP contribution is -2.06. The van der Waals surface area contributed by atoms with Crippen molar-refractivity contribution in [2.45, 2.75) is 12.8 Å². The van der Waals surface area contributed by atoms with Gasteiger partial charge in [-0.2, -0.15) is 5.10 Å². The fraction of sp³-hybridized carbons (Fsp3) is 0.125. The molecule has 0 aliphatic heterocycles. The molecule has 0 spiro atoms. The zero-order chi connectivity index (χ0) is 17.0. The number of fused-ring (bicyclic) bond motifs is 3. The number of carboxylic acid groups (broad SMARTS) is 1. The average molecular weight is 444 g/mol. The Hall–Kier alpha value is -1.34. The molecule has 0 atom stereocenters. The molecule has 3 aromatic rings. The Morgan fingerprint density at radius 2 is 2.08 bits per heavy atom. The lowest BCUT2D eigenvalue weighted by molar-refractivity contribution is 0.0689. The van der Waals surface area contributed by atoms with Crippen molar-refractivity contribution in [3.8, 4) is 16.9 Å². The minimum Gasteiger partial charge on any atom is -0.476 e. The van der Waals surface area contributed by atoms with E-state index in [0.717, 1.165) is 27.0 Å². The van der Waals surface area contributed by atoms with Gasteiger partial charge in [0.15, 0.2) is 5.69 Å². The molecule has 0 bridgehead atoms. The van der Waals surface area contributed by atoms with Crippen LogP contribution in [0.1, 0.15) is 20.9 Å². The van der Waals surface area contributed by atoms with E-state index >= 15 is 0 Å². The Bertz CT molecular complexity index is 996. The minimum atomic E-state index is -1.03. The molecule has 1 N–H and O–H groups in total. The standard InChI is InChI=1S/C16H9BrCl2N2O2S/c17-13-6-9-12(24-13)4-2-8-14(16(22)23)20-21(15(8)9)11-3-1-7(18)5-10(11)19/h1,3,5-6H,2,4H2,(H,22,23). The summed E-state index contributed by atoms with van der Waals surface area (Å²) in [4.78, 5) is 12.8. The van der Waals surface area contributed by atoms with Gasteiger partial charge in [-0.05, 0) is 53.0 Å². The molecule has 0 fully saturated rings. The molecule has 2 aromatic heterocycles. The maximum Gasteiger partial charge on any atom is 0.356 e. The highest BCUT2D eigenvalue weighted by Crippen LogP contribution is 2.43. The molecule has 8 heteroatoms. The fourth-order valence-corrected chi connectivity index (χ4v) is 5.17. The monoisotopic (exact) mass is 442 g/mol. The molecular formula is C16H9BrCl2N2O2S. The Kier molecular flexibility index (Phi) is 3.95. The van der Waals surface area contributed by atoms with Gasteiger partial charge in [-0.15, -0.1) is 11.3 Å². The summed E-state index contributed by atoms with van der Waals surface area (Å²) in [5.41, 5.74) is 3.22. The summed E-state index contributed by atoms with van der Waals surface area (Å²) < 4.78 is 2.63. The largest absolute Gasteiger partial charge is 0.476 e. The molecule has 1 aliphatic rings. The van der Waals surface area contributed by atoms with Crippen LogP contribution in [-0.4, -0.2) is 20.9 Å². The first-order valence-electron chi connectivity index (χ1n) is 7.05. The van der Waals surface area contributed by atoms with Crippen LogP contribution < -0.4 is 0 Å². The quantitative estimate of drug-likeness (QED) is 0.571. The van der Waals surface area contributed by atoms with E-state index in [1.165, 1.54) is 4.88 Å². The maximum absolute atomic E-state index is 11.6. The topological polar surface area (TPSA) is 55.1 Å². The van der Waals surface area contributed by atoms with Gasteiger partial charge in [-0.25, -0.2) is 9.48 Å². The number of aromatic carboxylic acids is 1. The highest BCUT2D eigenvalue weighted by Gasteiger charge is 2.30. The van der Waals surface area contributed by atoms with Crippen LogP contribution in [0.3, 0.4) is 0 Å². The van der Waals surface area contributed by atoms with E-state index in [-0.39, 0.29) is 5.69 Å². The summed E-state index contributed by atoms with van der Waals surface area (Å²) in [6, 6.07) is 7.09. The van der Waals surface area contributed by atoms with Crippen LogP contribution in [0.25, 0.3) is 16.9 Å². The number of aromatic nitrogens is 2. The molecule has 4 nitrogen and oxygen atoms in total. The highest BCUT2D eigenvalue weighted by molar-refractivity contribution is 9.11. The van der Waals surface area contributed by atoms with Gasteiger partial charge < -0.3 is 5.11 Å². The minimum absolute atomic E-state index is 0.0731. The first-order valence-corrected chi connectivity index (χ1v) is 9.41. The molecule has 122 valence electrons. The number of carbonyl (C=O) groups is 1. The average Bonchev–Trinajstić information content (AvgIpc) is 3.06. The van der Waals surface area contributed by atoms with Crippen molar-refractivity contribution < 1.29 is 9.90 Å². The van der Waals surface area contributed by atoms with E-state index in [0.29, 0.717) is 22.2 Å². The van der Waals surface area contributed by atoms with Crippen LogP contribution in [0.5, 0.6) is 0 Å². The first-order chi connectivity index (χ1) is 11.5. The predicted molar refractivity (Wildman–Crippen MR) is 99.0 cm³/mol. The van der Waals surface area contributed by atoms with Crippen LogP contribution in [0.15, 0.2) is 28.1 Å². The van der Waals surface area contributed by atoms with Crippen molar-refractivity contribution in [1.29, 1.82) is 0 Å². The van der Waals surface area contributed by atoms with Gasteiger partial charge in [0, 0.05) is 21.0 Å². The third-order valence-electron chi connectivity index (χ3n) is 3.96. The van der Waals surface area contributed by atoms with Gasteiger partial charge >= 0.3 is 5.97 Å². The molecule has 4 rings (SSSR count). The van der Waals surface area contributed by atoms with Crippen molar-refractivity contribution in [1.82, 2.24) is 9.78 Å². The smallest absolute Gasteiger partial charge is 0.356 e. The predicted octanol–water partition coefficient (Wildman–Crippen LogP) is 5.47. The van der Waals surface area contributed by atoms with E-state index in [9.17, 15) is 9.90 Å². The summed E-state index contributed by atoms with van der Waals surface area (Å²) in [6.45, 7) is 0. The fourth-order valence-electron chi connectivity index (χ4n) is 2.98. The Balaban J connectivity index is 2.04. The molecule has 1 aromatic carbocycles. The third-order valence-corrected chi connectivity index (χ3v) is 6.20. The van der Waals surface area contributed by atoms with Crippen LogP contribution in [0, 0.1) is 0 Å². The highest BCUT2D eigenvalue weighted by atomic mass is 79.9. The van der Waals surface area contributed by atoms with Crippen LogP contribution >= 0.6 is 50.5 Å². The van der Waals surface area contributed by atoms with E-state index in [1.54, 1.807) is 34.2 Å². The van der Waals surface area contributed by atoms with Crippen molar-refractivity contribution in [3.63, 3.8) is 0 Å². The summed E-state index contributed by atoms with van der Waals surface area (Å²) in [5.74, 6) is -1.03. The molecular weight excluding hydrogens is 435 g/mol. The Morgan fingerprint density at radius 1 is 1.29 bits per heavy atom. The summed E-state index contributed by atoms with van der Waals surface area (Å²) in [6.07, 6.45) is 1.45. The number of hydrogen-bond acceptors (Lipinski definition) is 3. The Morgan fingerprint density at radius 3 is 2.79 bits per heavy atom. The van der Waals surface area contributed by atoms with Crippen molar-refractivity contribution in [2.24, 2.45) is 0 Å². The maximum atomic E-state index is 11.6. The van der Waals surface area contributed by atoms with Crippen molar-refractivity contribution >= 4 is 56.4 Å². The van der Waals surface area contributed by atoms with E-state index in [4.69, 9.17) is 23.2 Å². The number of rotatable bonds is 2. The number of nitrogens with zero attached hydrogens (tertiary/aromatic N) is 2. The van der Waals surface area contributed by atoms with Crippen LogP contribution in [-0.2, 0) is 12.8 Å². The Labute approximate surface area is 159 Å². The second-order valence-corrected chi connectivity index (χ2v) is 8.74. The van der Waals surface area contributed by atoms with Gasteiger partial charge in [0.1, 0.15) is 0 Å². The molecule has 0 saturated carbocycles. The second kappa shape index (κ2) is 5.88. The molecule has 0 unspecified atom stereocenters. The number of thiophene rings is 1. The SMILES string of the molecule is O=C(O)c1nn(-c2ccc(Cl)cc2Cl)c2c1CCc1sc(Br)cc1-2. The van der Waals surface area contributed by atoms with E-state index in [2.05, 4.69) is 21.0 Å². The lowest BCUT2D eigenvalue weighted by Gasteiger charge is -2.15. The van der Waals surface area contributed by atoms with Gasteiger partial charge in [0.2, 0.25) is 0 Å². The summed E-state index contributed by atoms with van der Waals surface area (Å²) in [5, 5.41) is 14.8. The molecule has 0 saturated heterocycles. The van der Waals surface area contributed by atoms with Crippen molar-refractivity contribution in [2.75, 3.05) is 0 Å². The lowest BCUT2D eigenvalue weighted by atomic mass is 9.94. The van der Waals surface area contributed by atoms with E-state index < -0.39 is 5.97 Å². The van der Waals surface area contributed by atoms with Gasteiger partial charge in [0.05, 0.1) is 20.2 Å². The third kappa shape index (κ3) is 2.49. The second-order valence-electron chi connectivity index (χ2n) is 5.38. The number of hydrogen-bond donors (Lipinski definition) is 1. The zero-order valence-electron chi connectivity index (χ0n) is 12.0. The van der Waals surface area contributed by atoms with Gasteiger partial charge in [-0.3, -0.25) is 0 Å².